The van der Waals surface area contributed by atoms with Crippen molar-refractivity contribution in [2.24, 2.45) is 0 Å². The van der Waals surface area contributed by atoms with Crippen molar-refractivity contribution in [3.05, 3.63) is 102 Å². The van der Waals surface area contributed by atoms with Crippen LogP contribution in [0, 0.1) is 0 Å². The summed E-state index contributed by atoms with van der Waals surface area (Å²) in [6, 6.07) is 26.3. The van der Waals surface area contributed by atoms with Crippen LogP contribution in [0.25, 0.3) is 11.3 Å². The van der Waals surface area contributed by atoms with Gasteiger partial charge in [0.05, 0.1) is 5.69 Å². The smallest absolute Gasteiger partial charge is 0.323 e. The molecule has 1 N–H and O–H groups in total. The van der Waals surface area contributed by atoms with Crippen LogP contribution in [0.5, 0.6) is 0 Å². The van der Waals surface area contributed by atoms with Crippen molar-refractivity contribution < 1.29 is 4.79 Å². The van der Waals surface area contributed by atoms with Gasteiger partial charge in [0, 0.05) is 41.8 Å². The molecule has 5 nitrogen and oxygen atoms in total. The average molecular weight is 457 g/mol. The Morgan fingerprint density at radius 2 is 1.70 bits per heavy atom. The maximum atomic E-state index is 13.1. The molecule has 168 valence electrons. The minimum atomic E-state index is -0.112. The molecule has 0 aliphatic carbocycles. The Hall–Kier alpha value is -3.51. The van der Waals surface area contributed by atoms with Crippen molar-refractivity contribution in [3.63, 3.8) is 0 Å². The molecule has 1 unspecified atom stereocenters. The zero-order chi connectivity index (χ0) is 22.9. The number of pyridine rings is 1. The van der Waals surface area contributed by atoms with Crippen LogP contribution in [0.2, 0.25) is 0 Å². The predicted molar refractivity (Wildman–Crippen MR) is 136 cm³/mol. The molecule has 4 rings (SSSR count). The van der Waals surface area contributed by atoms with Crippen LogP contribution in [0.4, 0.5) is 9.93 Å². The predicted octanol–water partition coefficient (Wildman–Crippen LogP) is 6.67. The van der Waals surface area contributed by atoms with Crippen molar-refractivity contribution in [1.82, 2.24) is 14.9 Å². The summed E-state index contributed by atoms with van der Waals surface area (Å²) in [6.07, 6.45) is 3.51. The second-order valence-corrected chi connectivity index (χ2v) is 8.69. The lowest BCUT2D eigenvalue weighted by molar-refractivity contribution is 0.210. The first-order valence-corrected chi connectivity index (χ1v) is 12.2. The molecule has 6 heteroatoms. The SMILES string of the molecule is CCCN(CCC(c1ccccc1)c1ccccn1)C(=O)Nc1nc(-c2ccccc2)cs1. The van der Waals surface area contributed by atoms with Crippen LogP contribution in [0.15, 0.2) is 90.4 Å². The minimum absolute atomic E-state index is 0.112. The van der Waals surface area contributed by atoms with Crippen molar-refractivity contribution in [3.8, 4) is 11.3 Å². The van der Waals surface area contributed by atoms with E-state index in [0.717, 1.165) is 29.8 Å². The summed E-state index contributed by atoms with van der Waals surface area (Å²) >= 11 is 1.45. The number of aromatic nitrogens is 2. The molecule has 33 heavy (non-hydrogen) atoms. The van der Waals surface area contributed by atoms with E-state index in [2.05, 4.69) is 52.5 Å². The maximum absolute atomic E-state index is 13.1. The Kier molecular flexibility index (Phi) is 7.82. The summed E-state index contributed by atoms with van der Waals surface area (Å²) < 4.78 is 0. The van der Waals surface area contributed by atoms with Crippen LogP contribution in [0.1, 0.15) is 36.9 Å². The lowest BCUT2D eigenvalue weighted by atomic mass is 9.92. The number of nitrogens with one attached hydrogen (secondary N) is 1. The number of amides is 2. The van der Waals surface area contributed by atoms with Crippen LogP contribution < -0.4 is 5.32 Å². The largest absolute Gasteiger partial charge is 0.324 e. The first-order valence-electron chi connectivity index (χ1n) is 11.3. The second-order valence-electron chi connectivity index (χ2n) is 7.83. The fraction of sp³-hybridized carbons (Fsp3) is 0.222. The Labute approximate surface area is 199 Å². The number of carbonyl (C=O) groups is 1. The number of anilines is 1. The van der Waals surface area contributed by atoms with E-state index in [9.17, 15) is 4.79 Å². The Morgan fingerprint density at radius 3 is 2.39 bits per heavy atom. The van der Waals surface area contributed by atoms with Crippen LogP contribution >= 0.6 is 11.3 Å². The number of carbonyl (C=O) groups excluding carboxylic acids is 1. The van der Waals surface area contributed by atoms with Gasteiger partial charge in [-0.05, 0) is 30.5 Å². The van der Waals surface area contributed by atoms with E-state index < -0.39 is 0 Å². The van der Waals surface area contributed by atoms with Crippen molar-refractivity contribution in [1.29, 1.82) is 0 Å². The van der Waals surface area contributed by atoms with E-state index >= 15 is 0 Å². The second kappa shape index (κ2) is 11.4. The van der Waals surface area contributed by atoms with Gasteiger partial charge in [-0.25, -0.2) is 9.78 Å². The molecule has 2 amide bonds. The molecule has 2 heterocycles. The fourth-order valence-electron chi connectivity index (χ4n) is 3.87. The van der Waals surface area contributed by atoms with Gasteiger partial charge < -0.3 is 4.90 Å². The summed E-state index contributed by atoms with van der Waals surface area (Å²) in [4.78, 5) is 24.2. The van der Waals surface area contributed by atoms with E-state index in [0.29, 0.717) is 18.2 Å². The molecule has 4 aromatic rings. The standard InChI is InChI=1S/C27H28N4OS/c1-2-18-31(27(32)30-26-29-25(20-33-26)22-13-7-4-8-14-22)19-16-23(21-11-5-3-6-12-21)24-15-9-10-17-28-24/h3-15,17,20,23H,2,16,18-19H2,1H3,(H,29,30,32). The highest BCUT2D eigenvalue weighted by Crippen LogP contribution is 2.28. The van der Waals surface area contributed by atoms with E-state index in [1.807, 2.05) is 65.0 Å². The Balaban J connectivity index is 1.45. The number of hydrogen-bond donors (Lipinski definition) is 1. The number of thiazole rings is 1. The Bertz CT molecular complexity index is 1090. The summed E-state index contributed by atoms with van der Waals surface area (Å²) in [7, 11) is 0. The maximum Gasteiger partial charge on any atom is 0.323 e. The molecule has 0 saturated heterocycles. The van der Waals surface area contributed by atoms with E-state index in [4.69, 9.17) is 0 Å². The quantitative estimate of drug-likeness (QED) is 0.306. The van der Waals surface area contributed by atoms with Gasteiger partial charge in [-0.15, -0.1) is 11.3 Å². The molecule has 0 fully saturated rings. The normalized spacial score (nSPS) is 11.7. The third kappa shape index (κ3) is 6.05. The van der Waals surface area contributed by atoms with Crippen LogP contribution in [0.3, 0.4) is 0 Å². The monoisotopic (exact) mass is 456 g/mol. The van der Waals surface area contributed by atoms with Gasteiger partial charge in [0.2, 0.25) is 0 Å². The van der Waals surface area contributed by atoms with Gasteiger partial charge in [0.15, 0.2) is 5.13 Å². The third-order valence-electron chi connectivity index (χ3n) is 5.50. The lowest BCUT2D eigenvalue weighted by Gasteiger charge is -2.25. The highest BCUT2D eigenvalue weighted by atomic mass is 32.1. The van der Waals surface area contributed by atoms with E-state index in [1.54, 1.807) is 0 Å². The molecule has 2 aromatic carbocycles. The topological polar surface area (TPSA) is 58.1 Å². The minimum Gasteiger partial charge on any atom is -0.324 e. The molecule has 1 atom stereocenters. The molecule has 0 aliphatic heterocycles. The summed E-state index contributed by atoms with van der Waals surface area (Å²) in [6.45, 7) is 3.41. The summed E-state index contributed by atoms with van der Waals surface area (Å²) in [5.41, 5.74) is 4.14. The van der Waals surface area contributed by atoms with Crippen molar-refractivity contribution in [2.45, 2.75) is 25.7 Å². The molecule has 0 spiro atoms. The van der Waals surface area contributed by atoms with Gasteiger partial charge in [-0.1, -0.05) is 73.7 Å². The number of benzene rings is 2. The van der Waals surface area contributed by atoms with Gasteiger partial charge >= 0.3 is 6.03 Å². The molecule has 0 aliphatic rings. The van der Waals surface area contributed by atoms with Crippen molar-refractivity contribution in [2.75, 3.05) is 18.4 Å². The average Bonchev–Trinajstić information content (AvgIpc) is 3.34. The van der Waals surface area contributed by atoms with Crippen LogP contribution in [-0.4, -0.2) is 34.0 Å². The van der Waals surface area contributed by atoms with Gasteiger partial charge in [-0.2, -0.15) is 0 Å². The van der Waals surface area contributed by atoms with Gasteiger partial charge in [0.25, 0.3) is 0 Å². The number of rotatable bonds is 9. The lowest BCUT2D eigenvalue weighted by Crippen LogP contribution is -2.37. The molecular weight excluding hydrogens is 428 g/mol. The van der Waals surface area contributed by atoms with Crippen LogP contribution in [-0.2, 0) is 0 Å². The third-order valence-corrected chi connectivity index (χ3v) is 6.26. The molecule has 0 radical (unpaired) electrons. The van der Waals surface area contributed by atoms with E-state index in [1.165, 1.54) is 16.9 Å². The number of urea groups is 1. The summed E-state index contributed by atoms with van der Waals surface area (Å²) in [5.74, 6) is 0.129. The van der Waals surface area contributed by atoms with Gasteiger partial charge in [0.1, 0.15) is 0 Å². The van der Waals surface area contributed by atoms with Gasteiger partial charge in [-0.3, -0.25) is 10.3 Å². The number of hydrogen-bond acceptors (Lipinski definition) is 4. The zero-order valence-corrected chi connectivity index (χ0v) is 19.5. The summed E-state index contributed by atoms with van der Waals surface area (Å²) in [5, 5.41) is 5.59. The molecule has 0 bridgehead atoms. The highest BCUT2D eigenvalue weighted by molar-refractivity contribution is 7.14. The number of nitrogens with zero attached hydrogens (tertiary/aromatic N) is 3. The fourth-order valence-corrected chi connectivity index (χ4v) is 4.58. The molecular formula is C27H28N4OS. The molecule has 2 aromatic heterocycles. The first-order chi connectivity index (χ1) is 16.2. The Morgan fingerprint density at radius 1 is 0.970 bits per heavy atom. The van der Waals surface area contributed by atoms with Crippen molar-refractivity contribution >= 4 is 22.5 Å². The zero-order valence-electron chi connectivity index (χ0n) is 18.7. The molecule has 0 saturated carbocycles. The highest BCUT2D eigenvalue weighted by Gasteiger charge is 2.20. The van der Waals surface area contributed by atoms with E-state index in [-0.39, 0.29) is 11.9 Å². The first kappa shape index (κ1) is 22.7.